The summed E-state index contributed by atoms with van der Waals surface area (Å²) in [6.45, 7) is 12.1. The van der Waals surface area contributed by atoms with Crippen LogP contribution in [0, 0.1) is 5.92 Å². The molecule has 1 saturated carbocycles. The number of hydrogen-bond acceptors (Lipinski definition) is 4. The van der Waals surface area contributed by atoms with Crippen LogP contribution in [-0.2, 0) is 24.2 Å². The maximum absolute atomic E-state index is 12.2. The number of carbonyl (C=O) groups is 2. The summed E-state index contributed by atoms with van der Waals surface area (Å²) in [5, 5.41) is 0. The molecule has 2 rings (SSSR count). The summed E-state index contributed by atoms with van der Waals surface area (Å²) in [6, 6.07) is 8.73. The lowest BCUT2D eigenvalue weighted by atomic mass is 9.84. The Balaban J connectivity index is 0.000000828. The first-order valence-electron chi connectivity index (χ1n) is 9.83. The Bertz CT molecular complexity index is 639. The number of esters is 1. The third kappa shape index (κ3) is 7.87. The van der Waals surface area contributed by atoms with Gasteiger partial charge in [0.1, 0.15) is 11.7 Å². The van der Waals surface area contributed by atoms with E-state index in [-0.39, 0.29) is 17.2 Å². The summed E-state index contributed by atoms with van der Waals surface area (Å²) in [5.41, 5.74) is 2.73. The maximum atomic E-state index is 12.2. The quantitative estimate of drug-likeness (QED) is 0.313. The Labute approximate surface area is 165 Å². The normalized spacial score (nSPS) is 20.1. The van der Waals surface area contributed by atoms with Gasteiger partial charge in [0.05, 0.1) is 6.61 Å². The molecule has 2 atom stereocenters. The van der Waals surface area contributed by atoms with Gasteiger partial charge in [0.2, 0.25) is 0 Å². The Morgan fingerprint density at radius 1 is 1.11 bits per heavy atom. The number of carbonyl (C=O) groups excluding carboxylic acids is 2. The van der Waals surface area contributed by atoms with Gasteiger partial charge in [-0.15, -0.1) is 0 Å². The van der Waals surface area contributed by atoms with Gasteiger partial charge in [0.25, 0.3) is 8.68 Å². The van der Waals surface area contributed by atoms with Gasteiger partial charge in [0.15, 0.2) is 0 Å². The number of rotatable bonds is 3. The third-order valence-corrected chi connectivity index (χ3v) is 4.75. The van der Waals surface area contributed by atoms with Crippen LogP contribution in [0.3, 0.4) is 0 Å². The summed E-state index contributed by atoms with van der Waals surface area (Å²) in [5.74, 6) is -0.514. The number of hydrogen-bond donors (Lipinski definition) is 0. The topological polar surface area (TPSA) is 60.4 Å². The third-order valence-electron chi connectivity index (χ3n) is 4.75. The lowest BCUT2D eigenvalue weighted by molar-refractivity contribution is -0.151. The zero-order valence-corrected chi connectivity index (χ0v) is 18.6. The molecule has 1 aromatic carbocycles. The van der Waals surface area contributed by atoms with Crippen LogP contribution in [0.5, 0.6) is 0 Å². The molecule has 0 amide bonds. The minimum atomic E-state index is -1.13. The molecule has 1 aliphatic rings. The van der Waals surface area contributed by atoms with Crippen LogP contribution in [0.2, 0.25) is 13.1 Å². The fourth-order valence-electron chi connectivity index (χ4n) is 3.24. The molecule has 1 aromatic rings. The van der Waals surface area contributed by atoms with Crippen LogP contribution in [0.1, 0.15) is 70.4 Å². The smallest absolute Gasteiger partial charge is 0.316 e. The average Bonchev–Trinajstić information content (AvgIpc) is 2.76. The Hall–Kier alpha value is -1.62. The minimum Gasteiger partial charge on any atom is -0.465 e. The summed E-state index contributed by atoms with van der Waals surface area (Å²) in [4.78, 5) is 24.1. The van der Waals surface area contributed by atoms with Gasteiger partial charge in [-0.25, -0.2) is 0 Å². The first kappa shape index (κ1) is 23.4. The molecule has 0 bridgehead atoms. The van der Waals surface area contributed by atoms with Gasteiger partial charge in [-0.1, -0.05) is 45.0 Å². The molecule has 0 N–H and O–H groups in total. The number of ketones is 1. The van der Waals surface area contributed by atoms with E-state index in [1.807, 2.05) is 0 Å². The van der Waals surface area contributed by atoms with Crippen molar-refractivity contribution in [2.75, 3.05) is 6.61 Å². The van der Waals surface area contributed by atoms with Crippen molar-refractivity contribution >= 4 is 20.4 Å². The van der Waals surface area contributed by atoms with Crippen LogP contribution in [0.4, 0.5) is 0 Å². The van der Waals surface area contributed by atoms with Gasteiger partial charge < -0.3 is 9.20 Å². The zero-order valence-electron chi connectivity index (χ0n) is 17.6. The van der Waals surface area contributed by atoms with Gasteiger partial charge >= 0.3 is 5.97 Å². The lowest BCUT2D eigenvalue weighted by Gasteiger charge is -2.21. The number of Topliss-reactive ketones (excluding diaryl/α,β-unsaturated/α-hetero) is 1. The highest BCUT2D eigenvalue weighted by molar-refractivity contribution is 6.38. The molecular formula is C22H34O4Si. The molecule has 0 heterocycles. The Kier molecular flexibility index (Phi) is 9.23. The van der Waals surface area contributed by atoms with Crippen LogP contribution in [0.15, 0.2) is 24.3 Å². The van der Waals surface area contributed by atoms with E-state index >= 15 is 0 Å². The first-order chi connectivity index (χ1) is 12.6. The van der Waals surface area contributed by atoms with Gasteiger partial charge in [0, 0.05) is 6.42 Å². The van der Waals surface area contributed by atoms with Crippen LogP contribution in [0.25, 0.3) is 0 Å². The van der Waals surface area contributed by atoms with Crippen molar-refractivity contribution in [3.63, 3.8) is 0 Å². The monoisotopic (exact) mass is 390 g/mol. The fourth-order valence-corrected chi connectivity index (χ4v) is 3.24. The van der Waals surface area contributed by atoms with Gasteiger partial charge in [-0.2, -0.15) is 0 Å². The fraction of sp³-hybridized carbons (Fsp3) is 0.636. The van der Waals surface area contributed by atoms with Crippen molar-refractivity contribution in [1.29, 1.82) is 0 Å². The molecule has 0 spiro atoms. The van der Waals surface area contributed by atoms with Gasteiger partial charge in [-0.05, 0) is 61.7 Å². The molecule has 0 radical (unpaired) electrons. The molecule has 1 unspecified atom stereocenters. The van der Waals surface area contributed by atoms with E-state index in [0.29, 0.717) is 25.4 Å². The van der Waals surface area contributed by atoms with E-state index in [0.717, 1.165) is 12.8 Å². The zero-order chi connectivity index (χ0) is 20.6. The van der Waals surface area contributed by atoms with Crippen molar-refractivity contribution < 1.29 is 18.8 Å². The molecule has 1 aliphatic carbocycles. The van der Waals surface area contributed by atoms with E-state index in [2.05, 4.69) is 45.0 Å². The molecule has 27 heavy (non-hydrogen) atoms. The van der Waals surface area contributed by atoms with Crippen molar-refractivity contribution in [3.05, 3.63) is 35.4 Å². The average molecular weight is 391 g/mol. The van der Waals surface area contributed by atoms with Crippen molar-refractivity contribution in [3.8, 4) is 0 Å². The van der Waals surface area contributed by atoms with Crippen LogP contribution in [-0.4, -0.2) is 27.0 Å². The second-order valence-corrected chi connectivity index (χ2v) is 10.2. The first-order valence-corrected chi connectivity index (χ1v) is 12.2. The second-order valence-electron chi connectivity index (χ2n) is 8.36. The van der Waals surface area contributed by atoms with E-state index in [1.54, 1.807) is 20.0 Å². The number of ether oxygens (including phenoxy) is 1. The number of benzene rings is 1. The van der Waals surface area contributed by atoms with Crippen molar-refractivity contribution in [1.82, 2.24) is 0 Å². The molecule has 0 aromatic heterocycles. The highest BCUT2D eigenvalue weighted by atomic mass is 28.2. The van der Waals surface area contributed by atoms with E-state index in [4.69, 9.17) is 4.74 Å². The molecule has 0 aliphatic heterocycles. The molecule has 1 fully saturated rings. The van der Waals surface area contributed by atoms with E-state index in [1.165, 1.54) is 11.1 Å². The highest BCUT2D eigenvalue weighted by Gasteiger charge is 2.32. The maximum Gasteiger partial charge on any atom is 0.316 e. The standard InChI is InChI=1S/C20H28O3.C2H6OSi/c1-5-23-19(22)17-12-8-15(9-13-18(17)21)14-6-10-16(11-7-14)20(2,3)4;1-4(2)3/h6-7,10-11,15,17H,5,8-9,12-13H2,1-4H3;1-2H3/t15-,17?;/m1./s1. The lowest BCUT2D eigenvalue weighted by Crippen LogP contribution is -2.24. The molecule has 0 saturated heterocycles. The second kappa shape index (κ2) is 10.6. The van der Waals surface area contributed by atoms with E-state index in [9.17, 15) is 14.1 Å². The molecule has 150 valence electrons. The minimum absolute atomic E-state index is 0.0391. The summed E-state index contributed by atoms with van der Waals surface area (Å²) < 4.78 is 14.7. The van der Waals surface area contributed by atoms with Gasteiger partial charge in [-0.3, -0.25) is 9.59 Å². The van der Waals surface area contributed by atoms with E-state index < -0.39 is 14.6 Å². The predicted octanol–water partition coefficient (Wildman–Crippen LogP) is 5.06. The molecular weight excluding hydrogens is 356 g/mol. The SMILES string of the molecule is CCOC(=O)C1CC[C@@H](c2ccc(C(C)(C)C)cc2)CCC1=O.C[Si](C)=O. The van der Waals surface area contributed by atoms with Crippen molar-refractivity contribution in [2.45, 2.75) is 77.8 Å². The predicted molar refractivity (Wildman–Crippen MR) is 110 cm³/mol. The molecule has 4 nitrogen and oxygen atoms in total. The molecule has 5 heteroatoms. The summed E-state index contributed by atoms with van der Waals surface area (Å²) in [6.07, 6.45) is 2.76. The summed E-state index contributed by atoms with van der Waals surface area (Å²) >= 11 is 0. The van der Waals surface area contributed by atoms with Crippen LogP contribution < -0.4 is 0 Å². The summed E-state index contributed by atoms with van der Waals surface area (Å²) in [7, 11) is -1.13. The van der Waals surface area contributed by atoms with Crippen molar-refractivity contribution in [2.24, 2.45) is 5.92 Å². The largest absolute Gasteiger partial charge is 0.465 e. The highest BCUT2D eigenvalue weighted by Crippen LogP contribution is 2.34. The van der Waals surface area contributed by atoms with Crippen LogP contribution >= 0.6 is 0 Å². The Morgan fingerprint density at radius 2 is 1.67 bits per heavy atom. The Morgan fingerprint density at radius 3 is 2.15 bits per heavy atom.